The molecular weight excluding hydrogens is 234 g/mol. The fourth-order valence-corrected chi connectivity index (χ4v) is 1.94. The first kappa shape index (κ1) is 13.6. The second kappa shape index (κ2) is 6.39. The highest BCUT2D eigenvalue weighted by Gasteiger charge is 2.01. The Morgan fingerprint density at radius 2 is 1.42 bits per heavy atom. The first-order chi connectivity index (χ1) is 9.19. The smallest absolute Gasteiger partial charge is 0.127 e. The van der Waals surface area contributed by atoms with Gasteiger partial charge in [0.15, 0.2) is 0 Å². The standard InChI is InChI=1S/C17H21NO/c1-13(2)15-6-10-17(11-7-15)19-16-8-4-14(5-9-16)12-18-3/h4-11,13,18H,12H2,1-3H3. The summed E-state index contributed by atoms with van der Waals surface area (Å²) in [4.78, 5) is 0. The fraction of sp³-hybridized carbons (Fsp3) is 0.294. The van der Waals surface area contributed by atoms with E-state index in [-0.39, 0.29) is 0 Å². The third-order valence-corrected chi connectivity index (χ3v) is 3.09. The van der Waals surface area contributed by atoms with Crippen molar-refractivity contribution in [2.75, 3.05) is 7.05 Å². The van der Waals surface area contributed by atoms with Crippen molar-refractivity contribution in [2.45, 2.75) is 26.3 Å². The molecule has 0 aliphatic heterocycles. The molecule has 0 unspecified atom stereocenters. The molecular formula is C17H21NO. The van der Waals surface area contributed by atoms with Crippen LogP contribution in [0.1, 0.15) is 30.9 Å². The monoisotopic (exact) mass is 255 g/mol. The maximum atomic E-state index is 5.83. The topological polar surface area (TPSA) is 21.3 Å². The summed E-state index contributed by atoms with van der Waals surface area (Å²) >= 11 is 0. The number of benzene rings is 2. The van der Waals surface area contributed by atoms with Gasteiger partial charge in [-0.05, 0) is 48.4 Å². The zero-order valence-electron chi connectivity index (χ0n) is 11.8. The normalized spacial score (nSPS) is 10.7. The van der Waals surface area contributed by atoms with E-state index in [1.54, 1.807) is 0 Å². The van der Waals surface area contributed by atoms with Gasteiger partial charge in [0.25, 0.3) is 0 Å². The molecule has 2 heteroatoms. The molecule has 2 rings (SSSR count). The summed E-state index contributed by atoms with van der Waals surface area (Å²) in [6, 6.07) is 16.5. The molecule has 2 aromatic rings. The first-order valence-corrected chi connectivity index (χ1v) is 6.70. The van der Waals surface area contributed by atoms with Crippen LogP contribution in [-0.4, -0.2) is 7.05 Å². The average Bonchev–Trinajstić information content (AvgIpc) is 2.42. The highest BCUT2D eigenvalue weighted by Crippen LogP contribution is 2.24. The van der Waals surface area contributed by atoms with Crippen molar-refractivity contribution in [2.24, 2.45) is 0 Å². The summed E-state index contributed by atoms with van der Waals surface area (Å²) in [6.45, 7) is 5.26. The van der Waals surface area contributed by atoms with Gasteiger partial charge in [-0.2, -0.15) is 0 Å². The Morgan fingerprint density at radius 3 is 1.89 bits per heavy atom. The molecule has 1 N–H and O–H groups in total. The van der Waals surface area contributed by atoms with E-state index < -0.39 is 0 Å². The Morgan fingerprint density at radius 1 is 0.895 bits per heavy atom. The summed E-state index contributed by atoms with van der Waals surface area (Å²) in [5, 5.41) is 3.13. The molecule has 0 saturated carbocycles. The predicted molar refractivity (Wildman–Crippen MR) is 79.8 cm³/mol. The van der Waals surface area contributed by atoms with Crippen LogP contribution in [0.3, 0.4) is 0 Å². The minimum atomic E-state index is 0.551. The van der Waals surface area contributed by atoms with Gasteiger partial charge in [0.2, 0.25) is 0 Å². The quantitative estimate of drug-likeness (QED) is 0.859. The summed E-state index contributed by atoms with van der Waals surface area (Å²) in [7, 11) is 1.95. The van der Waals surface area contributed by atoms with E-state index >= 15 is 0 Å². The van der Waals surface area contributed by atoms with Crippen molar-refractivity contribution in [1.82, 2.24) is 5.32 Å². The summed E-state index contributed by atoms with van der Waals surface area (Å²) in [5.41, 5.74) is 2.58. The molecule has 19 heavy (non-hydrogen) atoms. The lowest BCUT2D eigenvalue weighted by molar-refractivity contribution is 0.482. The fourth-order valence-electron chi connectivity index (χ4n) is 1.94. The Labute approximate surface area is 115 Å². The number of ether oxygens (including phenoxy) is 1. The van der Waals surface area contributed by atoms with E-state index in [0.717, 1.165) is 18.0 Å². The molecule has 0 fully saturated rings. The van der Waals surface area contributed by atoms with Gasteiger partial charge in [0, 0.05) is 6.54 Å². The Bertz CT molecular complexity index is 500. The Hall–Kier alpha value is -1.80. The van der Waals surface area contributed by atoms with E-state index in [4.69, 9.17) is 4.74 Å². The van der Waals surface area contributed by atoms with Gasteiger partial charge in [-0.15, -0.1) is 0 Å². The summed E-state index contributed by atoms with van der Waals surface area (Å²) < 4.78 is 5.83. The predicted octanol–water partition coefficient (Wildman–Crippen LogP) is 4.32. The maximum Gasteiger partial charge on any atom is 0.127 e. The van der Waals surface area contributed by atoms with Gasteiger partial charge in [-0.3, -0.25) is 0 Å². The number of nitrogens with one attached hydrogen (secondary N) is 1. The van der Waals surface area contributed by atoms with Crippen LogP contribution in [-0.2, 0) is 6.54 Å². The molecule has 0 heterocycles. The Kier molecular flexibility index (Phi) is 4.58. The van der Waals surface area contributed by atoms with Gasteiger partial charge in [-0.25, -0.2) is 0 Å². The van der Waals surface area contributed by atoms with Crippen LogP contribution < -0.4 is 10.1 Å². The Balaban J connectivity index is 2.04. The molecule has 0 radical (unpaired) electrons. The van der Waals surface area contributed by atoms with Gasteiger partial charge in [-0.1, -0.05) is 38.1 Å². The molecule has 0 saturated heterocycles. The number of rotatable bonds is 5. The van der Waals surface area contributed by atoms with E-state index in [1.165, 1.54) is 11.1 Å². The van der Waals surface area contributed by atoms with Gasteiger partial charge >= 0.3 is 0 Å². The first-order valence-electron chi connectivity index (χ1n) is 6.70. The van der Waals surface area contributed by atoms with E-state index in [1.807, 2.05) is 31.3 Å². The lowest BCUT2D eigenvalue weighted by Crippen LogP contribution is -2.04. The lowest BCUT2D eigenvalue weighted by atomic mass is 10.0. The van der Waals surface area contributed by atoms with Crippen molar-refractivity contribution in [3.8, 4) is 11.5 Å². The van der Waals surface area contributed by atoms with Crippen LogP contribution in [0, 0.1) is 0 Å². The molecule has 2 aromatic carbocycles. The van der Waals surface area contributed by atoms with Crippen LogP contribution in [0.2, 0.25) is 0 Å². The third kappa shape index (κ3) is 3.83. The molecule has 100 valence electrons. The molecule has 2 nitrogen and oxygen atoms in total. The molecule has 0 amide bonds. The zero-order chi connectivity index (χ0) is 13.7. The van der Waals surface area contributed by atoms with Crippen LogP contribution in [0.15, 0.2) is 48.5 Å². The lowest BCUT2D eigenvalue weighted by Gasteiger charge is -2.09. The maximum absolute atomic E-state index is 5.83. The number of hydrogen-bond acceptors (Lipinski definition) is 2. The highest BCUT2D eigenvalue weighted by atomic mass is 16.5. The minimum Gasteiger partial charge on any atom is -0.457 e. The SMILES string of the molecule is CNCc1ccc(Oc2ccc(C(C)C)cc2)cc1. The van der Waals surface area contributed by atoms with Crippen molar-refractivity contribution < 1.29 is 4.74 Å². The van der Waals surface area contributed by atoms with Gasteiger partial charge < -0.3 is 10.1 Å². The molecule has 0 spiro atoms. The molecule has 0 aromatic heterocycles. The molecule has 0 atom stereocenters. The van der Waals surface area contributed by atoms with Crippen LogP contribution >= 0.6 is 0 Å². The number of hydrogen-bond donors (Lipinski definition) is 1. The second-order valence-electron chi connectivity index (χ2n) is 5.00. The van der Waals surface area contributed by atoms with Crippen molar-refractivity contribution in [3.05, 3.63) is 59.7 Å². The third-order valence-electron chi connectivity index (χ3n) is 3.09. The van der Waals surface area contributed by atoms with Gasteiger partial charge in [0.05, 0.1) is 0 Å². The van der Waals surface area contributed by atoms with E-state index in [2.05, 4.69) is 43.4 Å². The van der Waals surface area contributed by atoms with Crippen LogP contribution in [0.25, 0.3) is 0 Å². The second-order valence-corrected chi connectivity index (χ2v) is 5.00. The van der Waals surface area contributed by atoms with Crippen molar-refractivity contribution in [1.29, 1.82) is 0 Å². The highest BCUT2D eigenvalue weighted by molar-refractivity contribution is 5.35. The van der Waals surface area contributed by atoms with Crippen molar-refractivity contribution >= 4 is 0 Å². The van der Waals surface area contributed by atoms with Crippen LogP contribution in [0.5, 0.6) is 11.5 Å². The minimum absolute atomic E-state index is 0.551. The summed E-state index contributed by atoms with van der Waals surface area (Å²) in [6.07, 6.45) is 0. The zero-order valence-corrected chi connectivity index (χ0v) is 11.8. The van der Waals surface area contributed by atoms with E-state index in [9.17, 15) is 0 Å². The summed E-state index contributed by atoms with van der Waals surface area (Å²) in [5.74, 6) is 2.30. The molecule has 0 aliphatic rings. The molecule has 0 bridgehead atoms. The van der Waals surface area contributed by atoms with Crippen LogP contribution in [0.4, 0.5) is 0 Å². The van der Waals surface area contributed by atoms with Gasteiger partial charge in [0.1, 0.15) is 11.5 Å². The average molecular weight is 255 g/mol. The van der Waals surface area contributed by atoms with E-state index in [0.29, 0.717) is 5.92 Å². The van der Waals surface area contributed by atoms with Crippen molar-refractivity contribution in [3.63, 3.8) is 0 Å². The molecule has 0 aliphatic carbocycles. The largest absolute Gasteiger partial charge is 0.457 e.